The summed E-state index contributed by atoms with van der Waals surface area (Å²) in [6.45, 7) is 5.40. The first-order valence-corrected chi connectivity index (χ1v) is 9.16. The van der Waals surface area contributed by atoms with Crippen molar-refractivity contribution in [3.63, 3.8) is 0 Å². The van der Waals surface area contributed by atoms with Gasteiger partial charge in [-0.25, -0.2) is 0 Å². The van der Waals surface area contributed by atoms with Crippen LogP contribution in [0.25, 0.3) is 0 Å². The van der Waals surface area contributed by atoms with Crippen LogP contribution in [0.5, 0.6) is 0 Å². The van der Waals surface area contributed by atoms with Gasteiger partial charge in [0.05, 0.1) is 5.92 Å². The van der Waals surface area contributed by atoms with Crippen molar-refractivity contribution in [1.29, 1.82) is 0 Å². The van der Waals surface area contributed by atoms with Crippen LogP contribution in [0.4, 0.5) is 5.82 Å². The van der Waals surface area contributed by atoms with Crippen LogP contribution in [0, 0.1) is 0 Å². The van der Waals surface area contributed by atoms with Gasteiger partial charge in [0.25, 0.3) is 0 Å². The van der Waals surface area contributed by atoms with Gasteiger partial charge in [0.15, 0.2) is 5.82 Å². The van der Waals surface area contributed by atoms with E-state index in [0.29, 0.717) is 0 Å². The number of anilines is 1. The SMILES string of the molecule is CCC[C@@H](C(=O)N1CCCN(c2cccnn2)CC1)c1ccccc1. The fourth-order valence-electron chi connectivity index (χ4n) is 3.46. The van der Waals surface area contributed by atoms with Crippen LogP contribution in [-0.4, -0.2) is 47.2 Å². The molecule has 1 amide bonds. The Kier molecular flexibility index (Phi) is 5.99. The number of hydrogen-bond acceptors (Lipinski definition) is 4. The van der Waals surface area contributed by atoms with Gasteiger partial charge in [-0.05, 0) is 30.5 Å². The van der Waals surface area contributed by atoms with Crippen LogP contribution in [0.3, 0.4) is 0 Å². The fraction of sp³-hybridized carbons (Fsp3) is 0.450. The number of carbonyl (C=O) groups is 1. The molecule has 1 aromatic heterocycles. The number of rotatable bonds is 5. The molecule has 0 bridgehead atoms. The van der Waals surface area contributed by atoms with Gasteiger partial charge in [0.2, 0.25) is 5.91 Å². The molecule has 5 nitrogen and oxygen atoms in total. The molecular formula is C20H26N4O. The van der Waals surface area contributed by atoms with Gasteiger partial charge >= 0.3 is 0 Å². The lowest BCUT2D eigenvalue weighted by atomic mass is 9.93. The quantitative estimate of drug-likeness (QED) is 0.840. The lowest BCUT2D eigenvalue weighted by Crippen LogP contribution is -2.38. The van der Waals surface area contributed by atoms with E-state index in [0.717, 1.165) is 56.8 Å². The predicted molar refractivity (Wildman–Crippen MR) is 99.5 cm³/mol. The van der Waals surface area contributed by atoms with Gasteiger partial charge in [0, 0.05) is 32.4 Å². The van der Waals surface area contributed by atoms with E-state index in [-0.39, 0.29) is 11.8 Å². The first-order valence-electron chi connectivity index (χ1n) is 9.16. The number of benzene rings is 1. The van der Waals surface area contributed by atoms with E-state index < -0.39 is 0 Å². The van der Waals surface area contributed by atoms with Gasteiger partial charge < -0.3 is 9.80 Å². The van der Waals surface area contributed by atoms with Crippen molar-refractivity contribution >= 4 is 11.7 Å². The summed E-state index contributed by atoms with van der Waals surface area (Å²) in [5.74, 6) is 1.12. The standard InChI is InChI=1S/C20H26N4O/c1-2-8-18(17-9-4-3-5-10-17)20(25)24-14-7-13-23(15-16-24)19-11-6-12-21-22-19/h3-6,9-12,18H,2,7-8,13-16H2,1H3/t18-/m1/s1. The monoisotopic (exact) mass is 338 g/mol. The Balaban J connectivity index is 1.69. The fourth-order valence-corrected chi connectivity index (χ4v) is 3.46. The highest BCUT2D eigenvalue weighted by atomic mass is 16.2. The Morgan fingerprint density at radius 3 is 2.64 bits per heavy atom. The molecule has 1 saturated heterocycles. The van der Waals surface area contributed by atoms with Crippen molar-refractivity contribution in [2.45, 2.75) is 32.1 Å². The second-order valence-electron chi connectivity index (χ2n) is 6.50. The molecule has 132 valence electrons. The highest BCUT2D eigenvalue weighted by molar-refractivity contribution is 5.83. The summed E-state index contributed by atoms with van der Waals surface area (Å²) in [6.07, 6.45) is 4.54. The Labute approximate surface area is 149 Å². The molecule has 2 aromatic rings. The van der Waals surface area contributed by atoms with Crippen LogP contribution in [-0.2, 0) is 4.79 Å². The van der Waals surface area contributed by atoms with E-state index in [9.17, 15) is 4.79 Å². The normalized spacial score (nSPS) is 16.4. The third-order valence-electron chi connectivity index (χ3n) is 4.77. The average Bonchev–Trinajstić information content (AvgIpc) is 2.93. The highest BCUT2D eigenvalue weighted by Crippen LogP contribution is 2.24. The third kappa shape index (κ3) is 4.35. The molecular weight excluding hydrogens is 312 g/mol. The Morgan fingerprint density at radius 2 is 1.92 bits per heavy atom. The minimum absolute atomic E-state index is 0.0331. The summed E-state index contributed by atoms with van der Waals surface area (Å²) in [6, 6.07) is 14.1. The van der Waals surface area contributed by atoms with Crippen LogP contribution < -0.4 is 4.90 Å². The molecule has 3 rings (SSSR count). The zero-order valence-corrected chi connectivity index (χ0v) is 14.8. The molecule has 0 aliphatic carbocycles. The summed E-state index contributed by atoms with van der Waals surface area (Å²) < 4.78 is 0. The Morgan fingerprint density at radius 1 is 1.08 bits per heavy atom. The van der Waals surface area contributed by atoms with E-state index in [1.54, 1.807) is 6.20 Å². The predicted octanol–water partition coefficient (Wildman–Crippen LogP) is 3.10. The topological polar surface area (TPSA) is 49.3 Å². The van der Waals surface area contributed by atoms with E-state index >= 15 is 0 Å². The molecule has 1 atom stereocenters. The largest absolute Gasteiger partial charge is 0.353 e. The molecule has 1 aromatic carbocycles. The molecule has 0 unspecified atom stereocenters. The first kappa shape index (κ1) is 17.4. The van der Waals surface area contributed by atoms with Crippen LogP contribution in [0.1, 0.15) is 37.7 Å². The number of nitrogens with zero attached hydrogens (tertiary/aromatic N) is 4. The second kappa shape index (κ2) is 8.60. The third-order valence-corrected chi connectivity index (χ3v) is 4.77. The first-order chi connectivity index (χ1) is 12.3. The summed E-state index contributed by atoms with van der Waals surface area (Å²) in [5, 5.41) is 8.16. The number of aromatic nitrogens is 2. The lowest BCUT2D eigenvalue weighted by molar-refractivity contribution is -0.132. The van der Waals surface area contributed by atoms with E-state index in [1.807, 2.05) is 35.2 Å². The Bertz CT molecular complexity index is 662. The van der Waals surface area contributed by atoms with Gasteiger partial charge in [0.1, 0.15) is 0 Å². The number of hydrogen-bond donors (Lipinski definition) is 0. The van der Waals surface area contributed by atoms with E-state index in [4.69, 9.17) is 0 Å². The summed E-state index contributed by atoms with van der Waals surface area (Å²) in [5.41, 5.74) is 1.13. The van der Waals surface area contributed by atoms with Gasteiger partial charge in [-0.2, -0.15) is 5.10 Å². The molecule has 1 fully saturated rings. The van der Waals surface area contributed by atoms with Crippen molar-refractivity contribution in [2.75, 3.05) is 31.1 Å². The van der Waals surface area contributed by atoms with Crippen molar-refractivity contribution in [3.8, 4) is 0 Å². The molecule has 0 spiro atoms. The van der Waals surface area contributed by atoms with Crippen molar-refractivity contribution < 1.29 is 4.79 Å². The zero-order chi connectivity index (χ0) is 17.5. The van der Waals surface area contributed by atoms with Crippen molar-refractivity contribution in [2.24, 2.45) is 0 Å². The minimum Gasteiger partial charge on any atom is -0.353 e. The van der Waals surface area contributed by atoms with Gasteiger partial charge in [-0.1, -0.05) is 43.7 Å². The van der Waals surface area contributed by atoms with Crippen LogP contribution in [0.2, 0.25) is 0 Å². The zero-order valence-electron chi connectivity index (χ0n) is 14.8. The molecule has 0 N–H and O–H groups in total. The van der Waals surface area contributed by atoms with E-state index in [2.05, 4.69) is 34.2 Å². The Hall–Kier alpha value is -2.43. The van der Waals surface area contributed by atoms with Gasteiger partial charge in [-0.3, -0.25) is 4.79 Å². The average molecular weight is 338 g/mol. The summed E-state index contributed by atoms with van der Waals surface area (Å²) in [4.78, 5) is 17.4. The molecule has 0 radical (unpaired) electrons. The molecule has 5 heteroatoms. The lowest BCUT2D eigenvalue weighted by Gasteiger charge is -2.26. The smallest absolute Gasteiger partial charge is 0.230 e. The number of amides is 1. The maximum atomic E-state index is 13.2. The summed E-state index contributed by atoms with van der Waals surface area (Å²) >= 11 is 0. The van der Waals surface area contributed by atoms with Crippen LogP contribution in [0.15, 0.2) is 48.7 Å². The molecule has 25 heavy (non-hydrogen) atoms. The maximum Gasteiger partial charge on any atom is 0.230 e. The maximum absolute atomic E-state index is 13.2. The summed E-state index contributed by atoms with van der Waals surface area (Å²) in [7, 11) is 0. The molecule has 2 heterocycles. The molecule has 0 saturated carbocycles. The van der Waals surface area contributed by atoms with Crippen LogP contribution >= 0.6 is 0 Å². The second-order valence-corrected chi connectivity index (χ2v) is 6.50. The minimum atomic E-state index is -0.0331. The van der Waals surface area contributed by atoms with Crippen molar-refractivity contribution in [3.05, 3.63) is 54.2 Å². The highest BCUT2D eigenvalue weighted by Gasteiger charge is 2.27. The molecule has 1 aliphatic heterocycles. The van der Waals surface area contributed by atoms with Gasteiger partial charge in [-0.15, -0.1) is 5.10 Å². The van der Waals surface area contributed by atoms with Crippen molar-refractivity contribution in [1.82, 2.24) is 15.1 Å². The number of carbonyl (C=O) groups excluding carboxylic acids is 1. The van der Waals surface area contributed by atoms with E-state index in [1.165, 1.54) is 0 Å². The molecule has 1 aliphatic rings.